The fourth-order valence-corrected chi connectivity index (χ4v) is 2.40. The van der Waals surface area contributed by atoms with Gasteiger partial charge in [0.15, 0.2) is 0 Å². The number of hydrogen-bond donors (Lipinski definition) is 1. The lowest BCUT2D eigenvalue weighted by atomic mass is 10.0. The van der Waals surface area contributed by atoms with Crippen LogP contribution in [0, 0.1) is 11.8 Å². The van der Waals surface area contributed by atoms with E-state index in [9.17, 15) is 0 Å². The number of nitrogens with zero attached hydrogens (tertiary/aromatic N) is 1. The average Bonchev–Trinajstić information content (AvgIpc) is 2.75. The van der Waals surface area contributed by atoms with Crippen molar-refractivity contribution in [1.29, 1.82) is 0 Å². The molecular formula is C16H36N2. The highest BCUT2D eigenvalue weighted by Crippen LogP contribution is 2.17. The average molecular weight is 256 g/mol. The summed E-state index contributed by atoms with van der Waals surface area (Å²) in [5.41, 5.74) is 0. The van der Waals surface area contributed by atoms with Crippen molar-refractivity contribution < 1.29 is 0 Å². The molecule has 0 saturated carbocycles. The molecule has 1 N–H and O–H groups in total. The van der Waals surface area contributed by atoms with E-state index in [-0.39, 0.29) is 0 Å². The Hall–Kier alpha value is -0.0800. The summed E-state index contributed by atoms with van der Waals surface area (Å²) < 4.78 is 0. The second-order valence-corrected chi connectivity index (χ2v) is 5.99. The Morgan fingerprint density at radius 1 is 1.17 bits per heavy atom. The summed E-state index contributed by atoms with van der Waals surface area (Å²) in [6.45, 7) is 18.3. The SMILES string of the molecule is CC.CC(CCNC(C)C)CCN1CCC(C)C1. The van der Waals surface area contributed by atoms with Gasteiger partial charge < -0.3 is 10.2 Å². The largest absolute Gasteiger partial charge is 0.315 e. The van der Waals surface area contributed by atoms with Gasteiger partial charge >= 0.3 is 0 Å². The van der Waals surface area contributed by atoms with Crippen molar-refractivity contribution in [2.45, 2.75) is 66.8 Å². The maximum absolute atomic E-state index is 3.50. The molecular weight excluding hydrogens is 220 g/mol. The predicted octanol–water partition coefficient (Wildman–Crippen LogP) is 3.77. The maximum atomic E-state index is 3.50. The molecule has 0 aliphatic carbocycles. The van der Waals surface area contributed by atoms with Gasteiger partial charge in [-0.1, -0.05) is 41.5 Å². The van der Waals surface area contributed by atoms with Crippen LogP contribution in [0.3, 0.4) is 0 Å². The van der Waals surface area contributed by atoms with Gasteiger partial charge in [-0.3, -0.25) is 0 Å². The first kappa shape index (κ1) is 17.9. The third kappa shape index (κ3) is 8.93. The number of likely N-dealkylation sites (tertiary alicyclic amines) is 1. The van der Waals surface area contributed by atoms with Gasteiger partial charge in [0.05, 0.1) is 0 Å². The Balaban J connectivity index is 0.00000137. The second kappa shape index (κ2) is 10.8. The molecule has 18 heavy (non-hydrogen) atoms. The van der Waals surface area contributed by atoms with Crippen LogP contribution < -0.4 is 5.32 Å². The van der Waals surface area contributed by atoms with Gasteiger partial charge in [0.25, 0.3) is 0 Å². The van der Waals surface area contributed by atoms with Crippen LogP contribution in [0.15, 0.2) is 0 Å². The summed E-state index contributed by atoms with van der Waals surface area (Å²) in [6, 6.07) is 0.631. The highest BCUT2D eigenvalue weighted by atomic mass is 15.1. The normalized spacial score (nSPS) is 21.8. The first-order valence-electron chi connectivity index (χ1n) is 8.03. The summed E-state index contributed by atoms with van der Waals surface area (Å²) in [5.74, 6) is 1.79. The molecule has 1 aliphatic rings. The van der Waals surface area contributed by atoms with Crippen LogP contribution in [0.5, 0.6) is 0 Å². The molecule has 0 amide bonds. The molecule has 2 nitrogen and oxygen atoms in total. The number of hydrogen-bond acceptors (Lipinski definition) is 2. The van der Waals surface area contributed by atoms with Gasteiger partial charge in [0, 0.05) is 12.6 Å². The molecule has 2 atom stereocenters. The lowest BCUT2D eigenvalue weighted by Gasteiger charge is -2.19. The van der Waals surface area contributed by atoms with Gasteiger partial charge in [-0.25, -0.2) is 0 Å². The van der Waals surface area contributed by atoms with Gasteiger partial charge in [0.2, 0.25) is 0 Å². The minimum absolute atomic E-state index is 0.631. The van der Waals surface area contributed by atoms with Crippen molar-refractivity contribution in [2.75, 3.05) is 26.2 Å². The van der Waals surface area contributed by atoms with Crippen LogP contribution in [0.4, 0.5) is 0 Å². The molecule has 0 aromatic rings. The van der Waals surface area contributed by atoms with Gasteiger partial charge in [-0.2, -0.15) is 0 Å². The van der Waals surface area contributed by atoms with E-state index >= 15 is 0 Å². The van der Waals surface area contributed by atoms with E-state index in [1.54, 1.807) is 0 Å². The minimum atomic E-state index is 0.631. The molecule has 2 heteroatoms. The summed E-state index contributed by atoms with van der Waals surface area (Å²) in [4.78, 5) is 2.64. The zero-order chi connectivity index (χ0) is 14.0. The molecule has 2 unspecified atom stereocenters. The minimum Gasteiger partial charge on any atom is -0.315 e. The fourth-order valence-electron chi connectivity index (χ4n) is 2.40. The van der Waals surface area contributed by atoms with E-state index in [0.717, 1.165) is 11.8 Å². The zero-order valence-electron chi connectivity index (χ0n) is 13.6. The molecule has 0 spiro atoms. The van der Waals surface area contributed by atoms with Crippen LogP contribution in [0.1, 0.15) is 60.8 Å². The standard InChI is InChI=1S/C14H30N2.C2H6/c1-12(2)15-8-5-13(3)6-9-16-10-7-14(4)11-16;1-2/h12-15H,5-11H2,1-4H3;1-2H3. The van der Waals surface area contributed by atoms with Gasteiger partial charge in [0.1, 0.15) is 0 Å². The Labute approximate surface area is 116 Å². The molecule has 1 fully saturated rings. The zero-order valence-corrected chi connectivity index (χ0v) is 13.6. The van der Waals surface area contributed by atoms with Crippen LogP contribution in [-0.4, -0.2) is 37.1 Å². The van der Waals surface area contributed by atoms with Crippen LogP contribution in [0.25, 0.3) is 0 Å². The molecule has 0 bridgehead atoms. The summed E-state index contributed by atoms with van der Waals surface area (Å²) in [7, 11) is 0. The van der Waals surface area contributed by atoms with E-state index in [1.165, 1.54) is 45.4 Å². The van der Waals surface area contributed by atoms with Crippen molar-refractivity contribution in [1.82, 2.24) is 10.2 Å². The van der Waals surface area contributed by atoms with E-state index in [1.807, 2.05) is 13.8 Å². The van der Waals surface area contributed by atoms with Crippen LogP contribution in [0.2, 0.25) is 0 Å². The van der Waals surface area contributed by atoms with Crippen LogP contribution in [-0.2, 0) is 0 Å². The molecule has 1 saturated heterocycles. The summed E-state index contributed by atoms with van der Waals surface area (Å²) >= 11 is 0. The van der Waals surface area contributed by atoms with E-state index < -0.39 is 0 Å². The Kier molecular flexibility index (Phi) is 10.8. The Bertz CT molecular complexity index is 180. The third-order valence-electron chi connectivity index (χ3n) is 3.64. The monoisotopic (exact) mass is 256 g/mol. The first-order chi connectivity index (χ1) is 8.58. The molecule has 1 rings (SSSR count). The van der Waals surface area contributed by atoms with Crippen LogP contribution >= 0.6 is 0 Å². The third-order valence-corrected chi connectivity index (χ3v) is 3.64. The topological polar surface area (TPSA) is 15.3 Å². The van der Waals surface area contributed by atoms with Crippen molar-refractivity contribution in [2.24, 2.45) is 11.8 Å². The molecule has 1 aliphatic heterocycles. The molecule has 1 heterocycles. The van der Waals surface area contributed by atoms with Crippen molar-refractivity contribution in [3.05, 3.63) is 0 Å². The lowest BCUT2D eigenvalue weighted by molar-refractivity contribution is 0.293. The highest BCUT2D eigenvalue weighted by Gasteiger charge is 2.18. The lowest BCUT2D eigenvalue weighted by Crippen LogP contribution is -2.26. The maximum Gasteiger partial charge on any atom is 0.00103 e. The van der Waals surface area contributed by atoms with Crippen molar-refractivity contribution in [3.63, 3.8) is 0 Å². The highest BCUT2D eigenvalue weighted by molar-refractivity contribution is 4.72. The Morgan fingerprint density at radius 3 is 2.33 bits per heavy atom. The molecule has 0 aromatic heterocycles. The van der Waals surface area contributed by atoms with Crippen molar-refractivity contribution in [3.8, 4) is 0 Å². The van der Waals surface area contributed by atoms with Gasteiger partial charge in [-0.05, 0) is 50.7 Å². The fraction of sp³-hybridized carbons (Fsp3) is 1.00. The molecule has 0 radical (unpaired) electrons. The van der Waals surface area contributed by atoms with E-state index in [2.05, 4.69) is 37.9 Å². The van der Waals surface area contributed by atoms with Crippen molar-refractivity contribution >= 4 is 0 Å². The summed E-state index contributed by atoms with van der Waals surface area (Å²) in [5, 5.41) is 3.50. The Morgan fingerprint density at radius 2 is 1.83 bits per heavy atom. The van der Waals surface area contributed by atoms with E-state index in [0.29, 0.717) is 6.04 Å². The second-order valence-electron chi connectivity index (χ2n) is 5.99. The summed E-state index contributed by atoms with van der Waals surface area (Å²) in [6.07, 6.45) is 4.09. The number of nitrogens with one attached hydrogen (secondary N) is 1. The smallest absolute Gasteiger partial charge is 0.00103 e. The van der Waals surface area contributed by atoms with Gasteiger partial charge in [-0.15, -0.1) is 0 Å². The number of rotatable bonds is 7. The first-order valence-corrected chi connectivity index (χ1v) is 8.03. The molecule has 0 aromatic carbocycles. The molecule has 110 valence electrons. The quantitative estimate of drug-likeness (QED) is 0.746. The van der Waals surface area contributed by atoms with E-state index in [4.69, 9.17) is 0 Å². The predicted molar refractivity (Wildman–Crippen MR) is 83.1 cm³/mol.